The molecule has 4 heteroatoms. The summed E-state index contributed by atoms with van der Waals surface area (Å²) in [5.41, 5.74) is 3.23. The first-order valence-corrected chi connectivity index (χ1v) is 8.98. The Bertz CT molecular complexity index is 563. The van der Waals surface area contributed by atoms with Crippen molar-refractivity contribution in [1.82, 2.24) is 5.32 Å². The van der Waals surface area contributed by atoms with E-state index in [4.69, 9.17) is 0 Å². The summed E-state index contributed by atoms with van der Waals surface area (Å²) in [7, 11) is 0. The number of nitrogens with zero attached hydrogens (tertiary/aromatic N) is 1. The van der Waals surface area contributed by atoms with Crippen LogP contribution < -0.4 is 10.2 Å². The second-order valence-corrected chi connectivity index (χ2v) is 6.64. The largest absolute Gasteiger partial charge is 0.354 e. The van der Waals surface area contributed by atoms with Crippen LogP contribution >= 0.6 is 0 Å². The van der Waals surface area contributed by atoms with Crippen LogP contribution in [0.5, 0.6) is 0 Å². The normalized spacial score (nSPS) is 11.0. The Kier molecular flexibility index (Phi) is 7.96. The van der Waals surface area contributed by atoms with Crippen molar-refractivity contribution in [2.24, 2.45) is 5.92 Å². The molecule has 0 aliphatic carbocycles. The Morgan fingerprint density at radius 1 is 1.17 bits per heavy atom. The van der Waals surface area contributed by atoms with Crippen molar-refractivity contribution in [2.45, 2.75) is 60.3 Å². The van der Waals surface area contributed by atoms with E-state index >= 15 is 0 Å². The summed E-state index contributed by atoms with van der Waals surface area (Å²) in [5.74, 6) is 0.474. The zero-order valence-electron chi connectivity index (χ0n) is 16.0. The SMILES string of the molecule is CCC(CC)C(=O)NCCN(C(C)=O)c1c(C)cccc1C(C)C. The molecule has 0 bridgehead atoms. The summed E-state index contributed by atoms with van der Waals surface area (Å²) in [4.78, 5) is 26.1. The topological polar surface area (TPSA) is 49.4 Å². The predicted molar refractivity (Wildman–Crippen MR) is 100 cm³/mol. The number of aryl methyl sites for hydroxylation is 1. The molecule has 1 rings (SSSR count). The molecule has 0 unspecified atom stereocenters. The number of hydrogen-bond donors (Lipinski definition) is 1. The summed E-state index contributed by atoms with van der Waals surface area (Å²) >= 11 is 0. The molecule has 1 aromatic carbocycles. The maximum absolute atomic E-state index is 12.2. The maximum atomic E-state index is 12.2. The van der Waals surface area contributed by atoms with E-state index in [0.29, 0.717) is 19.0 Å². The lowest BCUT2D eigenvalue weighted by Crippen LogP contribution is -2.40. The molecule has 0 fully saturated rings. The molecule has 0 radical (unpaired) electrons. The Morgan fingerprint density at radius 3 is 2.29 bits per heavy atom. The van der Waals surface area contributed by atoms with E-state index in [-0.39, 0.29) is 17.7 Å². The van der Waals surface area contributed by atoms with Gasteiger partial charge in [-0.05, 0) is 36.8 Å². The molecule has 4 nitrogen and oxygen atoms in total. The average molecular weight is 332 g/mol. The van der Waals surface area contributed by atoms with Gasteiger partial charge in [-0.25, -0.2) is 0 Å². The molecular formula is C20H32N2O2. The molecule has 0 spiro atoms. The van der Waals surface area contributed by atoms with Gasteiger partial charge in [-0.15, -0.1) is 0 Å². The highest BCUT2D eigenvalue weighted by Crippen LogP contribution is 2.30. The molecule has 0 saturated heterocycles. The number of nitrogens with one attached hydrogen (secondary N) is 1. The fourth-order valence-electron chi connectivity index (χ4n) is 3.04. The van der Waals surface area contributed by atoms with Crippen LogP contribution in [0.25, 0.3) is 0 Å². The number of rotatable bonds is 8. The van der Waals surface area contributed by atoms with Gasteiger partial charge in [0.1, 0.15) is 0 Å². The third kappa shape index (κ3) is 5.08. The zero-order valence-corrected chi connectivity index (χ0v) is 16.0. The van der Waals surface area contributed by atoms with Crippen LogP contribution in [0.3, 0.4) is 0 Å². The summed E-state index contributed by atoms with van der Waals surface area (Å²) in [6, 6.07) is 6.13. The van der Waals surface area contributed by atoms with Gasteiger partial charge >= 0.3 is 0 Å². The van der Waals surface area contributed by atoms with Crippen LogP contribution in [0.2, 0.25) is 0 Å². The highest BCUT2D eigenvalue weighted by molar-refractivity contribution is 5.93. The Hall–Kier alpha value is -1.84. The second kappa shape index (κ2) is 9.45. The lowest BCUT2D eigenvalue weighted by molar-refractivity contribution is -0.125. The minimum atomic E-state index is 0.00276. The Labute approximate surface area is 146 Å². The number of hydrogen-bond acceptors (Lipinski definition) is 2. The summed E-state index contributed by atoms with van der Waals surface area (Å²) in [5, 5.41) is 2.98. The number of anilines is 1. The predicted octanol–water partition coefficient (Wildman–Crippen LogP) is 4.02. The molecule has 1 N–H and O–H groups in total. The highest BCUT2D eigenvalue weighted by atomic mass is 16.2. The highest BCUT2D eigenvalue weighted by Gasteiger charge is 2.20. The first-order chi connectivity index (χ1) is 11.3. The molecule has 134 valence electrons. The van der Waals surface area contributed by atoms with Gasteiger partial charge in [-0.3, -0.25) is 9.59 Å². The van der Waals surface area contributed by atoms with Gasteiger partial charge in [0.25, 0.3) is 0 Å². The first kappa shape index (κ1) is 20.2. The summed E-state index contributed by atoms with van der Waals surface area (Å²) in [6.07, 6.45) is 1.68. The molecular weight excluding hydrogens is 300 g/mol. The molecule has 2 amide bonds. The smallest absolute Gasteiger partial charge is 0.223 e. The minimum Gasteiger partial charge on any atom is -0.354 e. The standard InChI is InChI=1S/C20H32N2O2/c1-7-17(8-2)20(24)21-12-13-22(16(6)23)19-15(5)10-9-11-18(19)14(3)4/h9-11,14,17H,7-8,12-13H2,1-6H3,(H,21,24). The molecule has 1 aromatic rings. The van der Waals surface area contributed by atoms with Crippen molar-refractivity contribution in [2.75, 3.05) is 18.0 Å². The Morgan fingerprint density at radius 2 is 1.79 bits per heavy atom. The molecule has 0 aromatic heterocycles. The molecule has 0 atom stereocenters. The van der Waals surface area contributed by atoms with Crippen molar-refractivity contribution in [1.29, 1.82) is 0 Å². The van der Waals surface area contributed by atoms with Gasteiger partial charge in [0.05, 0.1) is 5.69 Å². The summed E-state index contributed by atoms with van der Waals surface area (Å²) < 4.78 is 0. The van der Waals surface area contributed by atoms with Crippen LogP contribution in [-0.2, 0) is 9.59 Å². The Balaban J connectivity index is 2.90. The van der Waals surface area contributed by atoms with E-state index in [0.717, 1.165) is 29.7 Å². The van der Waals surface area contributed by atoms with Crippen molar-refractivity contribution in [3.63, 3.8) is 0 Å². The number of para-hydroxylation sites is 1. The number of benzene rings is 1. The van der Waals surface area contributed by atoms with Crippen molar-refractivity contribution in [3.8, 4) is 0 Å². The number of carbonyl (C=O) groups excluding carboxylic acids is 2. The van der Waals surface area contributed by atoms with Gasteiger partial charge in [0.15, 0.2) is 0 Å². The van der Waals surface area contributed by atoms with E-state index in [1.165, 1.54) is 0 Å². The van der Waals surface area contributed by atoms with E-state index in [9.17, 15) is 9.59 Å². The van der Waals surface area contributed by atoms with Crippen LogP contribution in [0.1, 0.15) is 64.5 Å². The lowest BCUT2D eigenvalue weighted by atomic mass is 9.97. The maximum Gasteiger partial charge on any atom is 0.223 e. The zero-order chi connectivity index (χ0) is 18.3. The number of amides is 2. The third-order valence-electron chi connectivity index (χ3n) is 4.53. The van der Waals surface area contributed by atoms with E-state index in [2.05, 4.69) is 25.2 Å². The van der Waals surface area contributed by atoms with Crippen molar-refractivity contribution in [3.05, 3.63) is 29.3 Å². The van der Waals surface area contributed by atoms with Gasteiger partial charge in [0.2, 0.25) is 11.8 Å². The second-order valence-electron chi connectivity index (χ2n) is 6.64. The fraction of sp³-hybridized carbons (Fsp3) is 0.600. The van der Waals surface area contributed by atoms with Gasteiger partial charge in [-0.1, -0.05) is 45.9 Å². The fourth-order valence-corrected chi connectivity index (χ4v) is 3.04. The van der Waals surface area contributed by atoms with Crippen LogP contribution in [-0.4, -0.2) is 24.9 Å². The third-order valence-corrected chi connectivity index (χ3v) is 4.53. The van der Waals surface area contributed by atoms with Crippen LogP contribution in [0.15, 0.2) is 18.2 Å². The van der Waals surface area contributed by atoms with Crippen LogP contribution in [0.4, 0.5) is 5.69 Å². The van der Waals surface area contributed by atoms with E-state index < -0.39 is 0 Å². The molecule has 24 heavy (non-hydrogen) atoms. The van der Waals surface area contributed by atoms with Crippen molar-refractivity contribution >= 4 is 17.5 Å². The quantitative estimate of drug-likeness (QED) is 0.781. The van der Waals surface area contributed by atoms with Gasteiger partial charge in [0, 0.05) is 25.9 Å². The molecule has 0 saturated carbocycles. The first-order valence-electron chi connectivity index (χ1n) is 8.98. The van der Waals surface area contributed by atoms with E-state index in [1.54, 1.807) is 11.8 Å². The summed E-state index contributed by atoms with van der Waals surface area (Å²) in [6.45, 7) is 12.9. The van der Waals surface area contributed by atoms with Crippen LogP contribution in [0, 0.1) is 12.8 Å². The molecule has 0 heterocycles. The van der Waals surface area contributed by atoms with Crippen molar-refractivity contribution < 1.29 is 9.59 Å². The minimum absolute atomic E-state index is 0.00276. The van der Waals surface area contributed by atoms with E-state index in [1.807, 2.05) is 32.9 Å². The molecule has 0 aliphatic heterocycles. The van der Waals surface area contributed by atoms with Gasteiger partial charge in [-0.2, -0.15) is 0 Å². The monoisotopic (exact) mass is 332 g/mol. The van der Waals surface area contributed by atoms with Gasteiger partial charge < -0.3 is 10.2 Å². The molecule has 0 aliphatic rings. The lowest BCUT2D eigenvalue weighted by Gasteiger charge is -2.27. The average Bonchev–Trinajstić information content (AvgIpc) is 2.52. The number of carbonyl (C=O) groups is 2.